The average molecular weight is 225 g/mol. The molecule has 0 bridgehead atoms. The standard InChI is InChI=1S/C9H8FN3OS/c1-4-5-3-13(2)9(15)12-7(5)11-8(14)6(4)10/h3H,1-2H3,(H,11,12,14,15). The average Bonchev–Trinajstić information content (AvgIpc) is 2.19. The van der Waals surface area contributed by atoms with Crippen molar-refractivity contribution in [3.05, 3.63) is 32.7 Å². The highest BCUT2D eigenvalue weighted by atomic mass is 32.1. The first-order valence-corrected chi connectivity index (χ1v) is 4.67. The molecule has 0 aliphatic carbocycles. The van der Waals surface area contributed by atoms with Gasteiger partial charge in [-0.25, -0.2) is 9.37 Å². The maximum Gasteiger partial charge on any atom is 0.285 e. The summed E-state index contributed by atoms with van der Waals surface area (Å²) in [5.41, 5.74) is -0.162. The number of H-pyrrole nitrogens is 1. The van der Waals surface area contributed by atoms with Crippen molar-refractivity contribution in [3.8, 4) is 0 Å². The summed E-state index contributed by atoms with van der Waals surface area (Å²) in [5, 5.41) is 0.559. The van der Waals surface area contributed by atoms with Crippen molar-refractivity contribution in [3.63, 3.8) is 0 Å². The van der Waals surface area contributed by atoms with E-state index in [2.05, 4.69) is 9.97 Å². The van der Waals surface area contributed by atoms with Gasteiger partial charge in [0.05, 0.1) is 0 Å². The van der Waals surface area contributed by atoms with E-state index in [-0.39, 0.29) is 5.56 Å². The minimum Gasteiger partial charge on any atom is -0.326 e. The van der Waals surface area contributed by atoms with Crippen LogP contribution in [0.2, 0.25) is 0 Å². The van der Waals surface area contributed by atoms with Crippen LogP contribution in [0.3, 0.4) is 0 Å². The smallest absolute Gasteiger partial charge is 0.285 e. The summed E-state index contributed by atoms with van der Waals surface area (Å²) in [4.78, 5) is 17.5. The van der Waals surface area contributed by atoms with Crippen molar-refractivity contribution in [2.75, 3.05) is 0 Å². The van der Waals surface area contributed by atoms with Crippen LogP contribution in [0, 0.1) is 17.5 Å². The molecule has 4 nitrogen and oxygen atoms in total. The molecule has 0 fully saturated rings. The fourth-order valence-corrected chi connectivity index (χ4v) is 1.51. The maximum atomic E-state index is 13.3. The molecule has 1 N–H and O–H groups in total. The van der Waals surface area contributed by atoms with Gasteiger partial charge in [-0.15, -0.1) is 0 Å². The summed E-state index contributed by atoms with van der Waals surface area (Å²) < 4.78 is 15.2. The first kappa shape index (κ1) is 9.97. The number of aromatic amines is 1. The molecule has 0 unspecified atom stereocenters. The lowest BCUT2D eigenvalue weighted by molar-refractivity contribution is 0.602. The van der Waals surface area contributed by atoms with E-state index in [1.54, 1.807) is 17.8 Å². The number of aromatic nitrogens is 3. The quantitative estimate of drug-likeness (QED) is 0.690. The third-order valence-electron chi connectivity index (χ3n) is 2.25. The van der Waals surface area contributed by atoms with Gasteiger partial charge in [0.2, 0.25) is 4.77 Å². The predicted octanol–water partition coefficient (Wildman–Crippen LogP) is 1.44. The second-order valence-corrected chi connectivity index (χ2v) is 3.65. The molecule has 2 rings (SSSR count). The summed E-state index contributed by atoms with van der Waals surface area (Å²) in [6, 6.07) is 0. The lowest BCUT2D eigenvalue weighted by Gasteiger charge is -2.04. The molecule has 0 aliphatic heterocycles. The third kappa shape index (κ3) is 1.46. The van der Waals surface area contributed by atoms with Gasteiger partial charge in [-0.3, -0.25) is 4.79 Å². The van der Waals surface area contributed by atoms with Gasteiger partial charge >= 0.3 is 0 Å². The second-order valence-electron chi connectivity index (χ2n) is 3.29. The number of hydrogen-bond donors (Lipinski definition) is 1. The summed E-state index contributed by atoms with van der Waals surface area (Å²) in [5.74, 6) is -0.776. The first-order chi connectivity index (χ1) is 7.00. The third-order valence-corrected chi connectivity index (χ3v) is 2.63. The Morgan fingerprint density at radius 2 is 2.27 bits per heavy atom. The number of aryl methyl sites for hydroxylation is 2. The molecule has 78 valence electrons. The summed E-state index contributed by atoms with van der Waals surface area (Å²) in [6.07, 6.45) is 1.65. The molecule has 0 spiro atoms. The molecule has 0 aliphatic rings. The van der Waals surface area contributed by atoms with Crippen LogP contribution in [-0.4, -0.2) is 14.5 Å². The highest BCUT2D eigenvalue weighted by Crippen LogP contribution is 2.13. The zero-order valence-electron chi connectivity index (χ0n) is 8.17. The number of nitrogens with zero attached hydrogens (tertiary/aromatic N) is 2. The minimum absolute atomic E-state index is 0.284. The fourth-order valence-electron chi connectivity index (χ4n) is 1.37. The van der Waals surface area contributed by atoms with E-state index in [9.17, 15) is 9.18 Å². The van der Waals surface area contributed by atoms with Gasteiger partial charge in [0.15, 0.2) is 5.82 Å². The monoisotopic (exact) mass is 225 g/mol. The molecule has 2 aromatic rings. The van der Waals surface area contributed by atoms with Crippen molar-refractivity contribution < 1.29 is 4.39 Å². The zero-order valence-corrected chi connectivity index (χ0v) is 8.98. The van der Waals surface area contributed by atoms with E-state index in [4.69, 9.17) is 12.2 Å². The second kappa shape index (κ2) is 3.23. The Bertz CT molecular complexity index is 653. The van der Waals surface area contributed by atoms with Crippen LogP contribution >= 0.6 is 12.2 Å². The van der Waals surface area contributed by atoms with E-state index < -0.39 is 11.4 Å². The van der Waals surface area contributed by atoms with Gasteiger partial charge in [-0.2, -0.15) is 0 Å². The van der Waals surface area contributed by atoms with E-state index >= 15 is 0 Å². The van der Waals surface area contributed by atoms with E-state index in [1.807, 2.05) is 0 Å². The van der Waals surface area contributed by atoms with Gasteiger partial charge in [0.1, 0.15) is 5.65 Å². The molecule has 0 saturated heterocycles. The van der Waals surface area contributed by atoms with Crippen molar-refractivity contribution in [1.29, 1.82) is 0 Å². The van der Waals surface area contributed by atoms with Crippen LogP contribution in [0.5, 0.6) is 0 Å². The molecule has 0 atom stereocenters. The molecule has 6 heteroatoms. The molecule has 0 radical (unpaired) electrons. The Morgan fingerprint density at radius 1 is 1.60 bits per heavy atom. The van der Waals surface area contributed by atoms with Crippen molar-refractivity contribution in [2.45, 2.75) is 6.92 Å². The van der Waals surface area contributed by atoms with Crippen LogP contribution in [0.4, 0.5) is 4.39 Å². The molecule has 2 aromatic heterocycles. The van der Waals surface area contributed by atoms with Gasteiger partial charge in [-0.1, -0.05) is 0 Å². The number of pyridine rings is 1. The predicted molar refractivity (Wildman–Crippen MR) is 56.9 cm³/mol. The Labute approximate surface area is 89.4 Å². The van der Waals surface area contributed by atoms with Crippen LogP contribution in [0.1, 0.15) is 5.56 Å². The molecule has 2 heterocycles. The summed E-state index contributed by atoms with van der Waals surface area (Å²) >= 11 is 4.94. The number of fused-ring (bicyclic) bond motifs is 1. The number of nitrogens with one attached hydrogen (secondary N) is 1. The van der Waals surface area contributed by atoms with Gasteiger partial charge in [-0.05, 0) is 19.1 Å². The number of hydrogen-bond acceptors (Lipinski definition) is 3. The minimum atomic E-state index is -0.776. The largest absolute Gasteiger partial charge is 0.326 e. The topological polar surface area (TPSA) is 50.7 Å². The molecule has 0 amide bonds. The number of halogens is 1. The van der Waals surface area contributed by atoms with Gasteiger partial charge in [0, 0.05) is 24.2 Å². The first-order valence-electron chi connectivity index (χ1n) is 4.26. The maximum absolute atomic E-state index is 13.3. The van der Waals surface area contributed by atoms with Crippen LogP contribution in [0.15, 0.2) is 11.0 Å². The van der Waals surface area contributed by atoms with E-state index in [0.717, 1.165) is 0 Å². The normalized spacial score (nSPS) is 10.9. The van der Waals surface area contributed by atoms with Crippen LogP contribution in [0.25, 0.3) is 11.0 Å². The number of rotatable bonds is 0. The van der Waals surface area contributed by atoms with E-state index in [1.165, 1.54) is 6.92 Å². The van der Waals surface area contributed by atoms with Gasteiger partial charge < -0.3 is 9.55 Å². The highest BCUT2D eigenvalue weighted by Gasteiger charge is 2.09. The molecular weight excluding hydrogens is 217 g/mol. The summed E-state index contributed by atoms with van der Waals surface area (Å²) in [7, 11) is 1.72. The SMILES string of the molecule is Cc1c(F)c(=O)[nH]c2nc(=S)n(C)cc12. The molecule has 0 aromatic carbocycles. The zero-order chi connectivity index (χ0) is 11.2. The van der Waals surface area contributed by atoms with E-state index in [0.29, 0.717) is 15.8 Å². The lowest BCUT2D eigenvalue weighted by atomic mass is 10.2. The van der Waals surface area contributed by atoms with Gasteiger partial charge in [0.25, 0.3) is 5.56 Å². The Morgan fingerprint density at radius 3 is 2.93 bits per heavy atom. The van der Waals surface area contributed by atoms with Crippen molar-refractivity contribution in [2.24, 2.45) is 7.05 Å². The Kier molecular flexibility index (Phi) is 2.15. The molecular formula is C9H8FN3OS. The Hall–Kier alpha value is -1.56. The van der Waals surface area contributed by atoms with Crippen LogP contribution in [-0.2, 0) is 7.05 Å². The van der Waals surface area contributed by atoms with Crippen molar-refractivity contribution >= 4 is 23.3 Å². The van der Waals surface area contributed by atoms with Crippen molar-refractivity contribution in [1.82, 2.24) is 14.5 Å². The molecule has 0 saturated carbocycles. The highest BCUT2D eigenvalue weighted by molar-refractivity contribution is 7.71. The Balaban J connectivity index is 3.06. The van der Waals surface area contributed by atoms with Crippen LogP contribution < -0.4 is 5.56 Å². The lowest BCUT2D eigenvalue weighted by Crippen LogP contribution is -2.14. The fraction of sp³-hybridized carbons (Fsp3) is 0.222. The molecule has 15 heavy (non-hydrogen) atoms. The summed E-state index contributed by atoms with van der Waals surface area (Å²) in [6.45, 7) is 1.54.